The number of phenols is 1. The van der Waals surface area contributed by atoms with Gasteiger partial charge in [0.15, 0.2) is 0 Å². The average molecular weight is 366 g/mol. The maximum atomic E-state index is 10.2. The molecule has 0 fully saturated rings. The predicted molar refractivity (Wildman–Crippen MR) is 103 cm³/mol. The molecule has 2 aromatic heterocycles. The molecule has 0 atom stereocenters. The van der Waals surface area contributed by atoms with Gasteiger partial charge in [0.2, 0.25) is 11.1 Å². The lowest BCUT2D eigenvalue weighted by Crippen LogP contribution is -1.94. The maximum absolute atomic E-state index is 10.2. The van der Waals surface area contributed by atoms with Gasteiger partial charge in [-0.25, -0.2) is 10.5 Å². The second-order valence-corrected chi connectivity index (χ2v) is 6.24. The molecule has 0 saturated heterocycles. The number of phenolic OH excluding ortho intramolecular Hbond substituents is 1. The number of pyridine rings is 1. The van der Waals surface area contributed by atoms with Gasteiger partial charge in [-0.05, 0) is 30.2 Å². The highest BCUT2D eigenvalue weighted by Crippen LogP contribution is 2.22. The van der Waals surface area contributed by atoms with Crippen molar-refractivity contribution in [3.8, 4) is 5.75 Å². The first-order chi connectivity index (χ1) is 12.8. The number of benzene rings is 1. The lowest BCUT2D eigenvalue weighted by atomic mass is 10.1. The lowest BCUT2D eigenvalue weighted by molar-refractivity contribution is 0.469. The third-order valence-corrected chi connectivity index (χ3v) is 4.31. The molecule has 0 aliphatic heterocycles. The van der Waals surface area contributed by atoms with Crippen LogP contribution in [-0.4, -0.2) is 31.5 Å². The largest absolute Gasteiger partial charge is 0.507 e. The molecule has 0 spiro atoms. The van der Waals surface area contributed by atoms with Crippen molar-refractivity contribution in [1.82, 2.24) is 20.2 Å². The van der Waals surface area contributed by atoms with Crippen molar-refractivity contribution in [2.45, 2.75) is 17.3 Å². The number of hydrazone groups is 1. The summed E-state index contributed by atoms with van der Waals surface area (Å²) in [4.78, 5) is 8.55. The predicted octanol–water partition coefficient (Wildman–Crippen LogP) is 3.37. The van der Waals surface area contributed by atoms with Gasteiger partial charge in [-0.15, -0.1) is 11.7 Å². The van der Waals surface area contributed by atoms with Crippen LogP contribution < -0.4 is 5.43 Å². The molecule has 0 saturated carbocycles. The number of allylic oxidation sites excluding steroid dienone is 1. The molecule has 26 heavy (non-hydrogen) atoms. The van der Waals surface area contributed by atoms with E-state index in [2.05, 4.69) is 37.3 Å². The number of H-pyrrole nitrogens is 1. The number of para-hydroxylation sites is 1. The fourth-order valence-corrected chi connectivity index (χ4v) is 2.90. The number of aromatic amines is 1. The number of nitrogens with zero attached hydrogens (tertiary/aromatic N) is 4. The molecule has 7 nitrogen and oxygen atoms in total. The van der Waals surface area contributed by atoms with Gasteiger partial charge in [-0.1, -0.05) is 36.0 Å². The molecule has 132 valence electrons. The molecule has 0 aliphatic rings. The molecule has 0 aliphatic carbocycles. The zero-order valence-electron chi connectivity index (χ0n) is 14.0. The van der Waals surface area contributed by atoms with E-state index in [4.69, 9.17) is 0 Å². The third-order valence-electron chi connectivity index (χ3n) is 3.43. The summed E-state index contributed by atoms with van der Waals surface area (Å²) in [5, 5.41) is 21.8. The van der Waals surface area contributed by atoms with Gasteiger partial charge in [0.05, 0.1) is 11.9 Å². The van der Waals surface area contributed by atoms with Crippen LogP contribution >= 0.6 is 11.8 Å². The van der Waals surface area contributed by atoms with Crippen LogP contribution in [0.3, 0.4) is 0 Å². The SMILES string of the molecule is C=CCc1cccc(/C=N\Nc2nc(SCc3ccccn3)n[nH]2)c1O. The molecular formula is C18H18N6OS. The third kappa shape index (κ3) is 4.70. The minimum absolute atomic E-state index is 0.196. The zero-order chi connectivity index (χ0) is 18.2. The Balaban J connectivity index is 1.57. The van der Waals surface area contributed by atoms with Crippen LogP contribution in [0.25, 0.3) is 0 Å². The van der Waals surface area contributed by atoms with Crippen molar-refractivity contribution < 1.29 is 5.11 Å². The zero-order valence-corrected chi connectivity index (χ0v) is 14.8. The molecule has 0 radical (unpaired) electrons. The number of nitrogens with one attached hydrogen (secondary N) is 2. The summed E-state index contributed by atoms with van der Waals surface area (Å²) in [6.45, 7) is 3.68. The molecular weight excluding hydrogens is 348 g/mol. The highest BCUT2D eigenvalue weighted by molar-refractivity contribution is 7.98. The fraction of sp³-hybridized carbons (Fsp3) is 0.111. The summed E-state index contributed by atoms with van der Waals surface area (Å²) in [5.74, 6) is 1.30. The molecule has 0 bridgehead atoms. The number of thioether (sulfide) groups is 1. The van der Waals surface area contributed by atoms with Crippen molar-refractivity contribution in [2.24, 2.45) is 5.10 Å². The van der Waals surface area contributed by atoms with Gasteiger partial charge in [0.1, 0.15) is 5.75 Å². The normalized spacial score (nSPS) is 10.9. The Kier molecular flexibility index (Phi) is 6.00. The van der Waals surface area contributed by atoms with Crippen LogP contribution in [0.15, 0.2) is 65.5 Å². The smallest absolute Gasteiger partial charge is 0.240 e. The quantitative estimate of drug-likeness (QED) is 0.245. The van der Waals surface area contributed by atoms with E-state index >= 15 is 0 Å². The maximum Gasteiger partial charge on any atom is 0.240 e. The van der Waals surface area contributed by atoms with E-state index in [-0.39, 0.29) is 5.75 Å². The van der Waals surface area contributed by atoms with Crippen molar-refractivity contribution in [2.75, 3.05) is 5.43 Å². The summed E-state index contributed by atoms with van der Waals surface area (Å²) in [6, 6.07) is 11.3. The number of hydrogen-bond acceptors (Lipinski definition) is 7. The van der Waals surface area contributed by atoms with Gasteiger partial charge in [0, 0.05) is 17.5 Å². The number of hydrogen-bond donors (Lipinski definition) is 3. The highest BCUT2D eigenvalue weighted by Gasteiger charge is 2.05. The number of aromatic hydroxyl groups is 1. The van der Waals surface area contributed by atoms with E-state index in [1.54, 1.807) is 18.3 Å². The van der Waals surface area contributed by atoms with Gasteiger partial charge < -0.3 is 5.11 Å². The Morgan fingerprint density at radius 2 is 2.19 bits per heavy atom. The molecule has 0 amide bonds. The summed E-state index contributed by atoms with van der Waals surface area (Å²) in [6.07, 6.45) is 5.63. The Morgan fingerprint density at radius 3 is 3.00 bits per heavy atom. The fourth-order valence-electron chi connectivity index (χ4n) is 2.18. The van der Waals surface area contributed by atoms with E-state index in [1.807, 2.05) is 30.3 Å². The monoisotopic (exact) mass is 366 g/mol. The second kappa shape index (κ2) is 8.82. The summed E-state index contributed by atoms with van der Waals surface area (Å²) in [7, 11) is 0. The lowest BCUT2D eigenvalue weighted by Gasteiger charge is -2.04. The van der Waals surface area contributed by atoms with Crippen molar-refractivity contribution in [3.05, 3.63) is 72.1 Å². The Labute approximate surface area is 155 Å². The Morgan fingerprint density at radius 1 is 1.27 bits per heavy atom. The van der Waals surface area contributed by atoms with E-state index in [0.717, 1.165) is 11.3 Å². The summed E-state index contributed by atoms with van der Waals surface area (Å²) >= 11 is 1.48. The molecule has 0 unspecified atom stereocenters. The molecule has 8 heteroatoms. The van der Waals surface area contributed by atoms with Crippen LogP contribution in [0.1, 0.15) is 16.8 Å². The topological polar surface area (TPSA) is 99.1 Å². The highest BCUT2D eigenvalue weighted by atomic mass is 32.2. The van der Waals surface area contributed by atoms with E-state index < -0.39 is 0 Å². The Hall–Kier alpha value is -3.13. The second-order valence-electron chi connectivity index (χ2n) is 5.29. The van der Waals surface area contributed by atoms with Crippen LogP contribution in [0.4, 0.5) is 5.95 Å². The minimum Gasteiger partial charge on any atom is -0.507 e. The molecule has 3 aromatic rings. The van der Waals surface area contributed by atoms with Gasteiger partial charge >= 0.3 is 0 Å². The van der Waals surface area contributed by atoms with E-state index in [9.17, 15) is 5.11 Å². The van der Waals surface area contributed by atoms with Gasteiger partial charge in [-0.2, -0.15) is 10.1 Å². The van der Waals surface area contributed by atoms with Gasteiger partial charge in [-0.3, -0.25) is 4.98 Å². The van der Waals surface area contributed by atoms with Gasteiger partial charge in [0.25, 0.3) is 0 Å². The number of anilines is 1. The summed E-state index contributed by atoms with van der Waals surface area (Å²) in [5.41, 5.74) is 5.15. The first-order valence-corrected chi connectivity index (χ1v) is 8.91. The molecule has 2 heterocycles. The van der Waals surface area contributed by atoms with Crippen LogP contribution in [-0.2, 0) is 12.2 Å². The standard InChI is InChI=1S/C18H18N6OS/c1-2-6-13-7-5-8-14(16(13)25)11-20-22-17-21-18(24-23-17)26-12-15-9-3-4-10-19-15/h2-5,7-11,25H,1,6,12H2,(H2,21,22,23,24)/b20-11-. The minimum atomic E-state index is 0.196. The molecule has 3 rings (SSSR count). The average Bonchev–Trinajstić information content (AvgIpc) is 3.12. The molecule has 3 N–H and O–H groups in total. The van der Waals surface area contributed by atoms with Crippen LogP contribution in [0, 0.1) is 0 Å². The first-order valence-electron chi connectivity index (χ1n) is 7.92. The van der Waals surface area contributed by atoms with E-state index in [0.29, 0.717) is 28.8 Å². The van der Waals surface area contributed by atoms with Crippen LogP contribution in [0.2, 0.25) is 0 Å². The molecule has 1 aromatic carbocycles. The number of rotatable bonds is 8. The summed E-state index contributed by atoms with van der Waals surface area (Å²) < 4.78 is 0. The van der Waals surface area contributed by atoms with Crippen molar-refractivity contribution >= 4 is 23.9 Å². The number of aromatic nitrogens is 4. The van der Waals surface area contributed by atoms with E-state index in [1.165, 1.54) is 18.0 Å². The first kappa shape index (κ1) is 17.7. The van der Waals surface area contributed by atoms with Crippen molar-refractivity contribution in [1.29, 1.82) is 0 Å². The van der Waals surface area contributed by atoms with Crippen molar-refractivity contribution in [3.63, 3.8) is 0 Å². The Bertz CT molecular complexity index is 894. The van der Waals surface area contributed by atoms with Crippen LogP contribution in [0.5, 0.6) is 5.75 Å².